The average Bonchev–Trinajstić information content (AvgIpc) is 3.10. The minimum Gasteiger partial charge on any atom is -0.381 e. The van der Waals surface area contributed by atoms with E-state index in [1.807, 2.05) is 0 Å². The maximum absolute atomic E-state index is 9.66. The lowest BCUT2D eigenvalue weighted by atomic mass is 9.31. The van der Waals surface area contributed by atoms with Crippen LogP contribution in [-0.4, -0.2) is 30.6 Å². The molecule has 5 saturated carbocycles. The number of aliphatic hydroxyl groups excluding tert-OH is 1. The van der Waals surface area contributed by atoms with Gasteiger partial charge in [-0.25, -0.2) is 0 Å². The van der Waals surface area contributed by atoms with Crippen molar-refractivity contribution in [2.75, 3.05) is 13.3 Å². The summed E-state index contributed by atoms with van der Waals surface area (Å²) in [6, 6.07) is 0.443. The fraction of sp³-hybridized carbons (Fsp3) is 1.00. The van der Waals surface area contributed by atoms with Gasteiger partial charge in [-0.2, -0.15) is 0 Å². The van der Waals surface area contributed by atoms with E-state index in [4.69, 9.17) is 4.74 Å². The Kier molecular flexibility index (Phi) is 5.17. The lowest BCUT2D eigenvalue weighted by Gasteiger charge is -2.73. The lowest BCUT2D eigenvalue weighted by molar-refractivity contribution is -0.245. The van der Waals surface area contributed by atoms with Gasteiger partial charge >= 0.3 is 0 Å². The number of ether oxygens (including phenoxy) is 1. The quantitative estimate of drug-likeness (QED) is 0.436. The van der Waals surface area contributed by atoms with E-state index in [-0.39, 0.29) is 12.1 Å². The minimum absolute atomic E-state index is 0.112. The van der Waals surface area contributed by atoms with Crippen molar-refractivity contribution in [1.82, 2.24) is 5.32 Å². The number of nitrogens with one attached hydrogen (secondary N) is 1. The first-order valence-corrected chi connectivity index (χ1v) is 14.8. The molecule has 6 rings (SSSR count). The molecule has 0 aromatic heterocycles. The van der Waals surface area contributed by atoms with Crippen LogP contribution in [0.5, 0.6) is 0 Å². The molecule has 0 aromatic carbocycles. The van der Waals surface area contributed by atoms with Crippen LogP contribution in [0.25, 0.3) is 0 Å². The van der Waals surface area contributed by atoms with E-state index in [0.29, 0.717) is 39.2 Å². The second-order valence-electron chi connectivity index (χ2n) is 16.1. The molecule has 0 amide bonds. The molecule has 6 aliphatic rings. The van der Waals surface area contributed by atoms with Crippen LogP contribution in [0.1, 0.15) is 113 Å². The van der Waals surface area contributed by atoms with E-state index in [9.17, 15) is 5.11 Å². The topological polar surface area (TPSA) is 41.5 Å². The summed E-state index contributed by atoms with van der Waals surface area (Å²) in [5, 5.41) is 13.1. The van der Waals surface area contributed by atoms with Crippen molar-refractivity contribution >= 4 is 0 Å². The zero-order valence-corrected chi connectivity index (χ0v) is 23.3. The first kappa shape index (κ1) is 24.2. The van der Waals surface area contributed by atoms with E-state index in [0.717, 1.165) is 30.3 Å². The molecule has 3 heteroatoms. The summed E-state index contributed by atoms with van der Waals surface area (Å²) in [5.41, 5.74) is 2.39. The highest BCUT2D eigenvalue weighted by Crippen LogP contribution is 2.78. The van der Waals surface area contributed by atoms with Gasteiger partial charge in [-0.05, 0) is 120 Å². The van der Waals surface area contributed by atoms with Crippen molar-refractivity contribution in [2.24, 2.45) is 56.2 Å². The first-order valence-electron chi connectivity index (χ1n) is 14.8. The number of hydrogen-bond acceptors (Lipinski definition) is 3. The largest absolute Gasteiger partial charge is 0.381 e. The Bertz CT molecular complexity index is 837. The summed E-state index contributed by atoms with van der Waals surface area (Å²) in [4.78, 5) is 0. The number of rotatable bonds is 2. The van der Waals surface area contributed by atoms with Crippen molar-refractivity contribution in [2.45, 2.75) is 125 Å². The summed E-state index contributed by atoms with van der Waals surface area (Å²) in [5.74, 6) is 3.21. The molecule has 0 radical (unpaired) electrons. The van der Waals surface area contributed by atoms with Gasteiger partial charge < -0.3 is 9.84 Å². The first-order chi connectivity index (χ1) is 15.9. The third kappa shape index (κ3) is 2.76. The van der Waals surface area contributed by atoms with Crippen molar-refractivity contribution in [3.05, 3.63) is 0 Å². The molecular weight excluding hydrogens is 418 g/mol. The SMILES string of the molecule is CC1(C)CC[C@]23CC[C@]4(C)[C@H](CC[C@@H]5[C@@]6(C)CC[C@H](NCO)C(C)(C)[C@@H]6CC[C@]54C)[C@H]2[C@H]1OC3. The van der Waals surface area contributed by atoms with E-state index in [1.54, 1.807) is 0 Å². The molecule has 194 valence electrons. The van der Waals surface area contributed by atoms with Crippen LogP contribution in [0, 0.1) is 56.2 Å². The Morgan fingerprint density at radius 3 is 2.24 bits per heavy atom. The standard InChI is InChI=1S/C31H53NO2/c1-26(2)14-16-31-17-15-29(6)20(24(31)25(26)34-18-31)8-9-22-28(5)12-11-23(32-19-33)27(3,4)21(28)10-13-30(22,29)7/h20-25,32-33H,8-19H2,1-7H3/t20-,21+,22-,23+,24+,25-,28+,29-,30-,31-/m1/s1. The van der Waals surface area contributed by atoms with Gasteiger partial charge in [-0.1, -0.05) is 48.5 Å². The molecule has 1 heterocycles. The third-order valence-electron chi connectivity index (χ3n) is 14.5. The van der Waals surface area contributed by atoms with Crippen LogP contribution >= 0.6 is 0 Å². The zero-order valence-electron chi connectivity index (χ0n) is 23.3. The van der Waals surface area contributed by atoms with Gasteiger partial charge in [-0.15, -0.1) is 0 Å². The molecule has 10 atom stereocenters. The highest BCUT2D eigenvalue weighted by atomic mass is 16.5. The Labute approximate surface area is 209 Å². The summed E-state index contributed by atoms with van der Waals surface area (Å²) >= 11 is 0. The maximum Gasteiger partial charge on any atom is 0.0933 e. The number of aliphatic hydroxyl groups is 1. The highest BCUT2D eigenvalue weighted by Gasteiger charge is 2.72. The van der Waals surface area contributed by atoms with Crippen LogP contribution in [0.2, 0.25) is 0 Å². The van der Waals surface area contributed by atoms with E-state index in [1.165, 1.54) is 64.2 Å². The predicted molar refractivity (Wildman–Crippen MR) is 138 cm³/mol. The predicted octanol–water partition coefficient (Wildman–Crippen LogP) is 6.78. The minimum atomic E-state index is 0.112. The van der Waals surface area contributed by atoms with Crippen molar-refractivity contribution < 1.29 is 9.84 Å². The Morgan fingerprint density at radius 2 is 1.50 bits per heavy atom. The molecule has 0 aromatic rings. The van der Waals surface area contributed by atoms with Crippen LogP contribution in [-0.2, 0) is 4.74 Å². The van der Waals surface area contributed by atoms with Gasteiger partial charge in [0.15, 0.2) is 0 Å². The van der Waals surface area contributed by atoms with E-state index < -0.39 is 0 Å². The van der Waals surface area contributed by atoms with Crippen molar-refractivity contribution in [3.63, 3.8) is 0 Å². The fourth-order valence-corrected chi connectivity index (χ4v) is 12.5. The fourth-order valence-electron chi connectivity index (χ4n) is 12.5. The van der Waals surface area contributed by atoms with E-state index in [2.05, 4.69) is 53.8 Å². The molecule has 34 heavy (non-hydrogen) atoms. The summed E-state index contributed by atoms with van der Waals surface area (Å²) in [6.45, 7) is 19.4. The molecule has 3 nitrogen and oxygen atoms in total. The Hall–Kier alpha value is -0.120. The Morgan fingerprint density at radius 1 is 0.765 bits per heavy atom. The zero-order chi connectivity index (χ0) is 24.4. The highest BCUT2D eigenvalue weighted by molar-refractivity contribution is 5.21. The molecule has 6 fully saturated rings. The molecule has 0 spiro atoms. The monoisotopic (exact) mass is 471 g/mol. The lowest BCUT2D eigenvalue weighted by Crippen LogP contribution is -2.68. The van der Waals surface area contributed by atoms with Crippen LogP contribution in [0.4, 0.5) is 0 Å². The molecule has 1 aliphatic heterocycles. The number of fused-ring (bicyclic) bond motifs is 5. The smallest absolute Gasteiger partial charge is 0.0933 e. The normalized spacial score (nSPS) is 57.2. The molecule has 2 bridgehead atoms. The second-order valence-corrected chi connectivity index (χ2v) is 16.1. The maximum atomic E-state index is 9.66. The summed E-state index contributed by atoms with van der Waals surface area (Å²) in [7, 11) is 0. The molecular formula is C31H53NO2. The van der Waals surface area contributed by atoms with Gasteiger partial charge in [0, 0.05) is 6.04 Å². The molecule has 5 aliphatic carbocycles. The van der Waals surface area contributed by atoms with Gasteiger partial charge in [0.05, 0.1) is 19.4 Å². The summed E-state index contributed by atoms with van der Waals surface area (Å²) in [6.07, 6.45) is 14.2. The van der Waals surface area contributed by atoms with Gasteiger partial charge in [0.2, 0.25) is 0 Å². The Balaban J connectivity index is 1.36. The average molecular weight is 472 g/mol. The van der Waals surface area contributed by atoms with Crippen LogP contribution in [0.3, 0.4) is 0 Å². The summed E-state index contributed by atoms with van der Waals surface area (Å²) < 4.78 is 6.73. The van der Waals surface area contributed by atoms with Gasteiger partial charge in [0.1, 0.15) is 0 Å². The van der Waals surface area contributed by atoms with Crippen LogP contribution < -0.4 is 5.32 Å². The second kappa shape index (κ2) is 7.25. The molecule has 0 unspecified atom stereocenters. The third-order valence-corrected chi connectivity index (χ3v) is 14.5. The van der Waals surface area contributed by atoms with Crippen molar-refractivity contribution in [3.8, 4) is 0 Å². The number of hydrogen-bond donors (Lipinski definition) is 2. The molecule has 2 N–H and O–H groups in total. The molecule has 1 saturated heterocycles. The van der Waals surface area contributed by atoms with E-state index >= 15 is 0 Å². The van der Waals surface area contributed by atoms with Crippen molar-refractivity contribution in [1.29, 1.82) is 0 Å². The van der Waals surface area contributed by atoms with Crippen LogP contribution in [0.15, 0.2) is 0 Å². The van der Waals surface area contributed by atoms with Gasteiger partial charge in [0.25, 0.3) is 0 Å². The van der Waals surface area contributed by atoms with Gasteiger partial charge in [-0.3, -0.25) is 5.32 Å².